The van der Waals surface area contributed by atoms with E-state index in [4.69, 9.17) is 13.9 Å². The van der Waals surface area contributed by atoms with Crippen molar-refractivity contribution in [1.82, 2.24) is 4.90 Å². The third kappa shape index (κ3) is 3.32. The van der Waals surface area contributed by atoms with Crippen LogP contribution in [0.15, 0.2) is 70.4 Å². The van der Waals surface area contributed by atoms with Crippen molar-refractivity contribution in [3.63, 3.8) is 0 Å². The van der Waals surface area contributed by atoms with E-state index in [-0.39, 0.29) is 17.1 Å². The Hall–Kier alpha value is -3.38. The molecule has 0 aliphatic carbocycles. The summed E-state index contributed by atoms with van der Waals surface area (Å²) in [6, 6.07) is 13.8. The van der Waals surface area contributed by atoms with Crippen LogP contribution in [0.4, 0.5) is 0 Å². The molecule has 148 valence electrons. The van der Waals surface area contributed by atoms with Crippen molar-refractivity contribution >= 4 is 16.9 Å². The smallest absolute Gasteiger partial charge is 0.290 e. The van der Waals surface area contributed by atoms with Crippen LogP contribution in [0.2, 0.25) is 0 Å². The van der Waals surface area contributed by atoms with E-state index in [0.29, 0.717) is 42.0 Å². The maximum Gasteiger partial charge on any atom is 0.290 e. The Morgan fingerprint density at radius 1 is 1.14 bits per heavy atom. The number of carbonyl (C=O) groups excluding carboxylic acids is 1. The molecule has 0 radical (unpaired) electrons. The fraction of sp³-hybridized carbons (Fsp3) is 0.217. The first-order valence-corrected chi connectivity index (χ1v) is 9.35. The number of carbonyl (C=O) groups is 1. The van der Waals surface area contributed by atoms with Crippen molar-refractivity contribution in [1.29, 1.82) is 0 Å². The van der Waals surface area contributed by atoms with Crippen LogP contribution in [0, 0.1) is 0 Å². The van der Waals surface area contributed by atoms with Gasteiger partial charge < -0.3 is 18.8 Å². The summed E-state index contributed by atoms with van der Waals surface area (Å²) in [6.07, 6.45) is 1.67. The lowest BCUT2D eigenvalue weighted by molar-refractivity contribution is 0.0663. The second-order valence-electron chi connectivity index (χ2n) is 6.73. The molecule has 0 bridgehead atoms. The first-order chi connectivity index (χ1) is 14.2. The van der Waals surface area contributed by atoms with Gasteiger partial charge in [0.15, 0.2) is 5.43 Å². The molecule has 1 atom stereocenters. The molecule has 6 heteroatoms. The molecule has 0 N–H and O–H groups in total. The number of hydrogen-bond donors (Lipinski definition) is 0. The van der Waals surface area contributed by atoms with Crippen molar-refractivity contribution in [3.05, 3.63) is 88.3 Å². The van der Waals surface area contributed by atoms with Gasteiger partial charge in [0, 0.05) is 13.7 Å². The van der Waals surface area contributed by atoms with Crippen molar-refractivity contribution in [2.45, 2.75) is 6.04 Å². The van der Waals surface area contributed by atoms with Crippen LogP contribution in [0.5, 0.6) is 5.75 Å². The monoisotopic (exact) mass is 391 g/mol. The Kier molecular flexibility index (Phi) is 5.18. The average Bonchev–Trinajstić information content (AvgIpc) is 3.03. The van der Waals surface area contributed by atoms with Crippen LogP contribution in [-0.2, 0) is 4.74 Å². The van der Waals surface area contributed by atoms with Crippen LogP contribution in [0.25, 0.3) is 11.0 Å². The minimum Gasteiger partial charge on any atom is -0.490 e. The second kappa shape index (κ2) is 7.93. The molecular weight excluding hydrogens is 370 g/mol. The highest BCUT2D eigenvalue weighted by atomic mass is 16.5. The maximum atomic E-state index is 13.3. The van der Waals surface area contributed by atoms with Crippen LogP contribution in [-0.4, -0.2) is 37.7 Å². The first-order valence-electron chi connectivity index (χ1n) is 9.35. The largest absolute Gasteiger partial charge is 0.490 e. The maximum absolute atomic E-state index is 13.3. The molecule has 6 nitrogen and oxygen atoms in total. The third-order valence-corrected chi connectivity index (χ3v) is 4.97. The summed E-state index contributed by atoms with van der Waals surface area (Å²) in [7, 11) is 1.58. The number of methoxy groups -OCH3 is 1. The molecule has 1 aromatic heterocycles. The molecule has 0 saturated heterocycles. The summed E-state index contributed by atoms with van der Waals surface area (Å²) in [5.74, 6) is 0.478. The van der Waals surface area contributed by atoms with Gasteiger partial charge in [-0.1, -0.05) is 36.9 Å². The Morgan fingerprint density at radius 3 is 2.62 bits per heavy atom. The number of nitrogens with zero attached hydrogens (tertiary/aromatic N) is 1. The Balaban J connectivity index is 1.84. The highest BCUT2D eigenvalue weighted by Crippen LogP contribution is 2.38. The highest BCUT2D eigenvalue weighted by molar-refractivity contribution is 5.99. The molecule has 2 heterocycles. The standard InChI is InChI=1S/C23H21NO5/c1-3-13-28-16-10-8-15(9-11-16)20-19-21(25)17-6-4-5-7-18(17)29-22(19)23(26)24(20)12-14-27-2/h3-11,20H,1,12-14H2,2H3. The number of rotatable bonds is 7. The Bertz CT molecular complexity index is 1120. The van der Waals surface area contributed by atoms with Gasteiger partial charge in [-0.05, 0) is 29.8 Å². The van der Waals surface area contributed by atoms with Gasteiger partial charge in [0.1, 0.15) is 17.9 Å². The molecule has 4 rings (SSSR count). The summed E-state index contributed by atoms with van der Waals surface area (Å²) >= 11 is 0. The van der Waals surface area contributed by atoms with Crippen LogP contribution < -0.4 is 10.2 Å². The van der Waals surface area contributed by atoms with Crippen molar-refractivity contribution in [3.8, 4) is 5.75 Å². The molecule has 1 aliphatic heterocycles. The zero-order valence-corrected chi connectivity index (χ0v) is 16.1. The lowest BCUT2D eigenvalue weighted by Gasteiger charge is -2.25. The lowest BCUT2D eigenvalue weighted by atomic mass is 9.98. The van der Waals surface area contributed by atoms with Crippen LogP contribution >= 0.6 is 0 Å². The van der Waals surface area contributed by atoms with Gasteiger partial charge in [-0.15, -0.1) is 0 Å². The minimum absolute atomic E-state index is 0.0989. The molecular formula is C23H21NO5. The summed E-state index contributed by atoms with van der Waals surface area (Å²) in [6.45, 7) is 4.73. The van der Waals surface area contributed by atoms with Gasteiger partial charge in [0.05, 0.1) is 23.6 Å². The Morgan fingerprint density at radius 2 is 1.90 bits per heavy atom. The molecule has 0 spiro atoms. The quantitative estimate of drug-likeness (QED) is 0.576. The van der Waals surface area contributed by atoms with E-state index in [1.54, 1.807) is 42.4 Å². The number of fused-ring (bicyclic) bond motifs is 2. The molecule has 2 aromatic carbocycles. The summed E-state index contributed by atoms with van der Waals surface area (Å²) in [5, 5.41) is 0.462. The van der Waals surface area contributed by atoms with Gasteiger partial charge in [-0.25, -0.2) is 0 Å². The van der Waals surface area contributed by atoms with Crippen LogP contribution in [0.1, 0.15) is 27.7 Å². The molecule has 1 amide bonds. The molecule has 1 unspecified atom stereocenters. The zero-order valence-electron chi connectivity index (χ0n) is 16.1. The van der Waals surface area contributed by atoms with Gasteiger partial charge in [-0.3, -0.25) is 9.59 Å². The van der Waals surface area contributed by atoms with Crippen molar-refractivity contribution in [2.75, 3.05) is 26.9 Å². The van der Waals surface area contributed by atoms with Crippen LogP contribution in [0.3, 0.4) is 0 Å². The summed E-state index contributed by atoms with van der Waals surface area (Å²) < 4.78 is 16.6. The van der Waals surface area contributed by atoms with E-state index >= 15 is 0 Å². The predicted octanol–water partition coefficient (Wildman–Crippen LogP) is 3.55. The van der Waals surface area contributed by atoms with E-state index in [9.17, 15) is 9.59 Å². The topological polar surface area (TPSA) is 69.0 Å². The fourth-order valence-electron chi connectivity index (χ4n) is 3.64. The van der Waals surface area contributed by atoms with E-state index < -0.39 is 6.04 Å². The number of para-hydroxylation sites is 1. The zero-order chi connectivity index (χ0) is 20.4. The summed E-state index contributed by atoms with van der Waals surface area (Å²) in [5.41, 5.74) is 1.39. The van der Waals surface area contributed by atoms with Gasteiger partial charge in [0.25, 0.3) is 5.91 Å². The lowest BCUT2D eigenvalue weighted by Crippen LogP contribution is -2.32. The third-order valence-electron chi connectivity index (χ3n) is 4.97. The number of amides is 1. The predicted molar refractivity (Wildman–Crippen MR) is 109 cm³/mol. The Labute approximate surface area is 168 Å². The molecule has 1 aliphatic rings. The van der Waals surface area contributed by atoms with Gasteiger partial charge in [0.2, 0.25) is 5.76 Å². The summed E-state index contributed by atoms with van der Waals surface area (Å²) in [4.78, 5) is 28.0. The highest BCUT2D eigenvalue weighted by Gasteiger charge is 2.42. The number of hydrogen-bond acceptors (Lipinski definition) is 5. The molecule has 3 aromatic rings. The molecule has 0 saturated carbocycles. The molecule has 29 heavy (non-hydrogen) atoms. The van der Waals surface area contributed by atoms with Crippen molar-refractivity contribution in [2.24, 2.45) is 0 Å². The SMILES string of the molecule is C=CCOc1ccc(C2c3c(oc4ccccc4c3=O)C(=O)N2CCOC)cc1. The minimum atomic E-state index is -0.540. The van der Waals surface area contributed by atoms with Gasteiger partial charge in [-0.2, -0.15) is 0 Å². The molecule has 0 fully saturated rings. The first kappa shape index (κ1) is 19.0. The number of benzene rings is 2. The average molecular weight is 391 g/mol. The van der Waals surface area contributed by atoms with Gasteiger partial charge >= 0.3 is 0 Å². The van der Waals surface area contributed by atoms with Crippen molar-refractivity contribution < 1.29 is 18.7 Å². The van der Waals surface area contributed by atoms with E-state index in [1.165, 1.54) is 0 Å². The van der Waals surface area contributed by atoms with E-state index in [0.717, 1.165) is 5.56 Å². The number of ether oxygens (including phenoxy) is 2. The fourth-order valence-corrected chi connectivity index (χ4v) is 3.64. The normalized spacial score (nSPS) is 15.6. The van der Waals surface area contributed by atoms with E-state index in [2.05, 4.69) is 6.58 Å². The second-order valence-corrected chi connectivity index (χ2v) is 6.73. The van der Waals surface area contributed by atoms with E-state index in [1.807, 2.05) is 24.3 Å².